The second-order valence-corrected chi connectivity index (χ2v) is 5.03. The summed E-state index contributed by atoms with van der Waals surface area (Å²) >= 11 is 0. The maximum atomic E-state index is 5.63. The smallest absolute Gasteiger partial charge is 0.212 e. The SMILES string of the molecule is CCOc1ccccc1CNC(=NC)NCc1ccc(OC)nc1. The van der Waals surface area contributed by atoms with Crippen LogP contribution in [0.1, 0.15) is 18.1 Å². The second kappa shape index (κ2) is 9.39. The van der Waals surface area contributed by atoms with Crippen LogP contribution in [0.5, 0.6) is 11.6 Å². The van der Waals surface area contributed by atoms with Gasteiger partial charge in [-0.15, -0.1) is 0 Å². The van der Waals surface area contributed by atoms with Crippen molar-refractivity contribution in [1.29, 1.82) is 0 Å². The number of methoxy groups -OCH3 is 1. The normalized spacial score (nSPS) is 11.0. The highest BCUT2D eigenvalue weighted by molar-refractivity contribution is 5.79. The van der Waals surface area contributed by atoms with Crippen LogP contribution in [0.25, 0.3) is 0 Å². The molecular weight excluding hydrogens is 304 g/mol. The molecule has 0 atom stereocenters. The van der Waals surface area contributed by atoms with Crippen molar-refractivity contribution in [2.45, 2.75) is 20.0 Å². The van der Waals surface area contributed by atoms with Crippen LogP contribution < -0.4 is 20.1 Å². The van der Waals surface area contributed by atoms with Crippen molar-refractivity contribution < 1.29 is 9.47 Å². The molecule has 0 radical (unpaired) electrons. The number of nitrogens with zero attached hydrogens (tertiary/aromatic N) is 2. The third-order valence-corrected chi connectivity index (χ3v) is 3.41. The molecule has 0 saturated carbocycles. The number of hydrogen-bond donors (Lipinski definition) is 2. The van der Waals surface area contributed by atoms with Gasteiger partial charge >= 0.3 is 0 Å². The molecular formula is C18H24N4O2. The summed E-state index contributed by atoms with van der Waals surface area (Å²) in [6.45, 7) is 3.89. The minimum atomic E-state index is 0.605. The highest BCUT2D eigenvalue weighted by Gasteiger charge is 2.04. The Labute approximate surface area is 142 Å². The van der Waals surface area contributed by atoms with E-state index in [4.69, 9.17) is 9.47 Å². The number of nitrogens with one attached hydrogen (secondary N) is 2. The number of ether oxygens (including phenoxy) is 2. The molecule has 1 aromatic heterocycles. The molecule has 6 nitrogen and oxygen atoms in total. The van der Waals surface area contributed by atoms with E-state index in [-0.39, 0.29) is 0 Å². The first-order chi connectivity index (χ1) is 11.8. The first kappa shape index (κ1) is 17.6. The number of guanidine groups is 1. The number of pyridine rings is 1. The van der Waals surface area contributed by atoms with E-state index in [1.54, 1.807) is 20.4 Å². The van der Waals surface area contributed by atoms with Gasteiger partial charge in [0.1, 0.15) is 5.75 Å². The van der Waals surface area contributed by atoms with E-state index < -0.39 is 0 Å². The molecule has 0 unspecified atom stereocenters. The molecule has 2 N–H and O–H groups in total. The van der Waals surface area contributed by atoms with Crippen molar-refractivity contribution in [1.82, 2.24) is 15.6 Å². The van der Waals surface area contributed by atoms with Crippen LogP contribution in [-0.4, -0.2) is 31.7 Å². The Hall–Kier alpha value is -2.76. The molecule has 0 aliphatic rings. The van der Waals surface area contributed by atoms with E-state index in [0.29, 0.717) is 25.6 Å². The monoisotopic (exact) mass is 328 g/mol. The number of rotatable bonds is 7. The van der Waals surface area contributed by atoms with Gasteiger partial charge in [0.15, 0.2) is 5.96 Å². The standard InChI is InChI=1S/C18H24N4O2/c1-4-24-16-8-6-5-7-15(16)13-22-18(19-2)21-12-14-9-10-17(23-3)20-11-14/h5-11H,4,12-13H2,1-3H3,(H2,19,21,22). The van der Waals surface area contributed by atoms with E-state index in [2.05, 4.69) is 20.6 Å². The van der Waals surface area contributed by atoms with Crippen molar-refractivity contribution in [2.24, 2.45) is 4.99 Å². The summed E-state index contributed by atoms with van der Waals surface area (Å²) in [7, 11) is 3.35. The summed E-state index contributed by atoms with van der Waals surface area (Å²) in [4.78, 5) is 8.42. The number of aromatic nitrogens is 1. The molecule has 128 valence electrons. The average Bonchev–Trinajstić information content (AvgIpc) is 2.64. The van der Waals surface area contributed by atoms with Gasteiger partial charge in [0.2, 0.25) is 5.88 Å². The van der Waals surface area contributed by atoms with Gasteiger partial charge in [0, 0.05) is 38.0 Å². The van der Waals surface area contributed by atoms with Crippen LogP contribution in [0.15, 0.2) is 47.6 Å². The molecule has 0 amide bonds. The summed E-state index contributed by atoms with van der Waals surface area (Å²) < 4.78 is 10.7. The zero-order valence-corrected chi connectivity index (χ0v) is 14.4. The molecule has 0 spiro atoms. The van der Waals surface area contributed by atoms with Crippen LogP contribution in [-0.2, 0) is 13.1 Å². The average molecular weight is 328 g/mol. The number of hydrogen-bond acceptors (Lipinski definition) is 4. The van der Waals surface area contributed by atoms with E-state index >= 15 is 0 Å². The number of benzene rings is 1. The zero-order valence-electron chi connectivity index (χ0n) is 14.4. The number of para-hydroxylation sites is 1. The predicted molar refractivity (Wildman–Crippen MR) is 95.4 cm³/mol. The highest BCUT2D eigenvalue weighted by Crippen LogP contribution is 2.17. The minimum absolute atomic E-state index is 0.605. The van der Waals surface area contributed by atoms with E-state index in [1.807, 2.05) is 43.3 Å². The van der Waals surface area contributed by atoms with Crippen LogP contribution in [0, 0.1) is 0 Å². The Morgan fingerprint density at radius 1 is 1.12 bits per heavy atom. The molecule has 1 heterocycles. The summed E-state index contributed by atoms with van der Waals surface area (Å²) in [6.07, 6.45) is 1.78. The largest absolute Gasteiger partial charge is 0.494 e. The summed E-state index contributed by atoms with van der Waals surface area (Å²) in [6, 6.07) is 11.8. The fourth-order valence-corrected chi connectivity index (χ4v) is 2.17. The van der Waals surface area contributed by atoms with E-state index in [1.165, 1.54) is 0 Å². The zero-order chi connectivity index (χ0) is 17.2. The predicted octanol–water partition coefficient (Wildman–Crippen LogP) is 2.35. The van der Waals surface area contributed by atoms with Crippen LogP contribution in [0.3, 0.4) is 0 Å². The lowest BCUT2D eigenvalue weighted by Crippen LogP contribution is -2.36. The van der Waals surface area contributed by atoms with Gasteiger partial charge in [-0.05, 0) is 18.6 Å². The molecule has 0 bridgehead atoms. The van der Waals surface area contributed by atoms with Crippen molar-refractivity contribution in [3.63, 3.8) is 0 Å². The fourth-order valence-electron chi connectivity index (χ4n) is 2.17. The molecule has 1 aromatic carbocycles. The Kier molecular flexibility index (Phi) is 6.89. The first-order valence-electron chi connectivity index (χ1n) is 7.91. The molecule has 0 aliphatic heterocycles. The second-order valence-electron chi connectivity index (χ2n) is 5.03. The Balaban J connectivity index is 1.88. The molecule has 2 aromatic rings. The van der Waals surface area contributed by atoms with E-state index in [0.717, 1.165) is 22.8 Å². The first-order valence-corrected chi connectivity index (χ1v) is 7.91. The van der Waals surface area contributed by atoms with Gasteiger partial charge < -0.3 is 20.1 Å². The molecule has 2 rings (SSSR count). The Bertz CT molecular complexity index is 656. The molecule has 24 heavy (non-hydrogen) atoms. The van der Waals surface area contributed by atoms with Gasteiger partial charge in [-0.2, -0.15) is 0 Å². The summed E-state index contributed by atoms with van der Waals surface area (Å²) in [5, 5.41) is 6.55. The van der Waals surface area contributed by atoms with Crippen molar-refractivity contribution in [3.8, 4) is 11.6 Å². The lowest BCUT2D eigenvalue weighted by molar-refractivity contribution is 0.336. The lowest BCUT2D eigenvalue weighted by atomic mass is 10.2. The Morgan fingerprint density at radius 2 is 1.92 bits per heavy atom. The molecule has 0 aliphatic carbocycles. The van der Waals surface area contributed by atoms with E-state index in [9.17, 15) is 0 Å². The topological polar surface area (TPSA) is 67.8 Å². The van der Waals surface area contributed by atoms with Gasteiger partial charge in [-0.1, -0.05) is 24.3 Å². The van der Waals surface area contributed by atoms with Crippen molar-refractivity contribution >= 4 is 5.96 Å². The lowest BCUT2D eigenvalue weighted by Gasteiger charge is -2.14. The van der Waals surface area contributed by atoms with Crippen molar-refractivity contribution in [2.75, 3.05) is 20.8 Å². The van der Waals surface area contributed by atoms with Gasteiger partial charge in [0.25, 0.3) is 0 Å². The number of aliphatic imine (C=N–C) groups is 1. The molecule has 0 saturated heterocycles. The third-order valence-electron chi connectivity index (χ3n) is 3.41. The minimum Gasteiger partial charge on any atom is -0.494 e. The van der Waals surface area contributed by atoms with Crippen molar-refractivity contribution in [3.05, 3.63) is 53.7 Å². The summed E-state index contributed by atoms with van der Waals surface area (Å²) in [5.74, 6) is 2.22. The van der Waals surface area contributed by atoms with Gasteiger partial charge in [0.05, 0.1) is 13.7 Å². The highest BCUT2D eigenvalue weighted by atomic mass is 16.5. The molecule has 0 fully saturated rings. The van der Waals surface area contributed by atoms with Gasteiger partial charge in [-0.3, -0.25) is 4.99 Å². The molecule has 6 heteroatoms. The maximum absolute atomic E-state index is 5.63. The van der Waals surface area contributed by atoms with Gasteiger partial charge in [-0.25, -0.2) is 4.98 Å². The fraction of sp³-hybridized carbons (Fsp3) is 0.333. The van der Waals surface area contributed by atoms with Crippen LogP contribution in [0.4, 0.5) is 0 Å². The van der Waals surface area contributed by atoms with Crippen LogP contribution in [0.2, 0.25) is 0 Å². The third kappa shape index (κ3) is 5.15. The Morgan fingerprint density at radius 3 is 2.58 bits per heavy atom. The quantitative estimate of drug-likeness (QED) is 0.603. The van der Waals surface area contributed by atoms with Crippen LogP contribution >= 0.6 is 0 Å². The summed E-state index contributed by atoms with van der Waals surface area (Å²) in [5.41, 5.74) is 2.14. The maximum Gasteiger partial charge on any atom is 0.212 e.